The van der Waals surface area contributed by atoms with Crippen LogP contribution in [0.2, 0.25) is 0 Å². The smallest absolute Gasteiger partial charge is 0.233 e. The van der Waals surface area contributed by atoms with Gasteiger partial charge in [0.15, 0.2) is 0 Å². The molecule has 0 atom stereocenters. The van der Waals surface area contributed by atoms with E-state index in [2.05, 4.69) is 29.4 Å². The monoisotopic (exact) mass is 281 g/mol. The highest BCUT2D eigenvalue weighted by Crippen LogP contribution is 2.08. The highest BCUT2D eigenvalue weighted by molar-refractivity contribution is 5.11. The predicted molar refractivity (Wildman–Crippen MR) is 79.8 cm³/mol. The van der Waals surface area contributed by atoms with E-state index in [1.165, 1.54) is 0 Å². The van der Waals surface area contributed by atoms with Crippen LogP contribution < -0.4 is 10.1 Å². The summed E-state index contributed by atoms with van der Waals surface area (Å²) in [5.74, 6) is 1.17. The van der Waals surface area contributed by atoms with Gasteiger partial charge in [0.25, 0.3) is 0 Å². The summed E-state index contributed by atoms with van der Waals surface area (Å²) < 4.78 is 11.0. The molecular weight excluding hydrogens is 254 g/mol. The largest absolute Gasteiger partial charge is 0.474 e. The van der Waals surface area contributed by atoms with E-state index in [-0.39, 0.29) is 5.60 Å². The van der Waals surface area contributed by atoms with Crippen LogP contribution in [0.5, 0.6) is 5.88 Å². The van der Waals surface area contributed by atoms with Gasteiger partial charge in [0.05, 0.1) is 17.9 Å². The Kier molecular flexibility index (Phi) is 6.88. The molecule has 0 aliphatic heterocycles. The Morgan fingerprint density at radius 3 is 2.45 bits per heavy atom. The minimum Gasteiger partial charge on any atom is -0.474 e. The van der Waals surface area contributed by atoms with Gasteiger partial charge in [-0.15, -0.1) is 5.10 Å². The van der Waals surface area contributed by atoms with Crippen molar-refractivity contribution in [3.63, 3.8) is 0 Å². The Labute approximate surface area is 122 Å². The lowest BCUT2D eigenvalue weighted by Gasteiger charge is -2.19. The van der Waals surface area contributed by atoms with Crippen LogP contribution in [-0.4, -0.2) is 35.6 Å². The summed E-state index contributed by atoms with van der Waals surface area (Å²) in [6.07, 6.45) is 0. The molecule has 5 nitrogen and oxygen atoms in total. The molecule has 0 spiro atoms. The average molecular weight is 281 g/mol. The van der Waals surface area contributed by atoms with Crippen molar-refractivity contribution in [3.8, 4) is 5.88 Å². The molecule has 114 valence electrons. The molecule has 0 saturated heterocycles. The summed E-state index contributed by atoms with van der Waals surface area (Å²) in [6, 6.07) is 3.77. The molecule has 0 radical (unpaired) electrons. The van der Waals surface area contributed by atoms with Gasteiger partial charge in [0.2, 0.25) is 5.88 Å². The Hall–Kier alpha value is -1.20. The summed E-state index contributed by atoms with van der Waals surface area (Å²) in [5, 5.41) is 11.5. The van der Waals surface area contributed by atoms with Crippen LogP contribution >= 0.6 is 0 Å². The third-order valence-electron chi connectivity index (χ3n) is 2.42. The molecule has 1 heterocycles. The number of nitrogens with one attached hydrogen (secondary N) is 1. The number of nitrogens with zero attached hydrogens (tertiary/aromatic N) is 2. The maximum absolute atomic E-state index is 5.57. The maximum atomic E-state index is 5.57. The topological polar surface area (TPSA) is 56.3 Å². The number of hydrogen-bond acceptors (Lipinski definition) is 5. The molecule has 1 N–H and O–H groups in total. The van der Waals surface area contributed by atoms with Crippen LogP contribution in [0.3, 0.4) is 0 Å². The van der Waals surface area contributed by atoms with Crippen molar-refractivity contribution in [3.05, 3.63) is 17.8 Å². The van der Waals surface area contributed by atoms with Crippen molar-refractivity contribution < 1.29 is 9.47 Å². The molecule has 1 aromatic heterocycles. The zero-order chi connectivity index (χ0) is 15.0. The quantitative estimate of drug-likeness (QED) is 0.742. The molecule has 0 unspecified atom stereocenters. The van der Waals surface area contributed by atoms with Gasteiger partial charge in [-0.1, -0.05) is 13.8 Å². The fourth-order valence-electron chi connectivity index (χ4n) is 1.50. The summed E-state index contributed by atoms with van der Waals surface area (Å²) >= 11 is 0. The van der Waals surface area contributed by atoms with Gasteiger partial charge in [0, 0.05) is 12.6 Å². The highest BCUT2D eigenvalue weighted by Gasteiger charge is 2.09. The Balaban J connectivity index is 2.25. The van der Waals surface area contributed by atoms with E-state index in [4.69, 9.17) is 9.47 Å². The SMILES string of the molecule is CC(C)CNCc1ccc(OCCOC(C)(C)C)nn1. The molecule has 0 aliphatic rings. The average Bonchev–Trinajstić information content (AvgIpc) is 2.35. The van der Waals surface area contributed by atoms with E-state index in [1.807, 2.05) is 32.9 Å². The summed E-state index contributed by atoms with van der Waals surface area (Å²) in [7, 11) is 0. The third-order valence-corrected chi connectivity index (χ3v) is 2.42. The first-order chi connectivity index (χ1) is 9.37. The van der Waals surface area contributed by atoms with Crippen LogP contribution in [0.15, 0.2) is 12.1 Å². The number of hydrogen-bond donors (Lipinski definition) is 1. The van der Waals surface area contributed by atoms with Gasteiger partial charge in [0.1, 0.15) is 6.61 Å². The second kappa shape index (κ2) is 8.17. The normalized spacial score (nSPS) is 11.9. The van der Waals surface area contributed by atoms with Crippen LogP contribution in [-0.2, 0) is 11.3 Å². The summed E-state index contributed by atoms with van der Waals surface area (Å²) in [6.45, 7) is 13.1. The van der Waals surface area contributed by atoms with Crippen LogP contribution in [0.25, 0.3) is 0 Å². The lowest BCUT2D eigenvalue weighted by molar-refractivity contribution is -0.0169. The Morgan fingerprint density at radius 1 is 1.15 bits per heavy atom. The molecule has 1 aromatic rings. The third kappa shape index (κ3) is 8.07. The lowest BCUT2D eigenvalue weighted by Crippen LogP contribution is -2.22. The Bertz CT molecular complexity index is 372. The molecule has 0 aliphatic carbocycles. The van der Waals surface area contributed by atoms with Crippen LogP contribution in [0, 0.1) is 5.92 Å². The standard InChI is InChI=1S/C15H27N3O2/c1-12(2)10-16-11-13-6-7-14(18-17-13)19-8-9-20-15(3,4)5/h6-7,12,16H,8-11H2,1-5H3. The van der Waals surface area contributed by atoms with Crippen molar-refractivity contribution >= 4 is 0 Å². The highest BCUT2D eigenvalue weighted by atomic mass is 16.5. The predicted octanol–water partition coefficient (Wildman–Crippen LogP) is 2.42. The van der Waals surface area contributed by atoms with E-state index in [9.17, 15) is 0 Å². The minimum absolute atomic E-state index is 0.138. The number of ether oxygens (including phenoxy) is 2. The van der Waals surface area contributed by atoms with E-state index in [0.717, 1.165) is 18.8 Å². The lowest BCUT2D eigenvalue weighted by atomic mass is 10.2. The van der Waals surface area contributed by atoms with Gasteiger partial charge < -0.3 is 14.8 Å². The first-order valence-electron chi connectivity index (χ1n) is 7.17. The maximum Gasteiger partial charge on any atom is 0.233 e. The fourth-order valence-corrected chi connectivity index (χ4v) is 1.50. The van der Waals surface area contributed by atoms with Crippen molar-refractivity contribution in [2.24, 2.45) is 5.92 Å². The van der Waals surface area contributed by atoms with Gasteiger partial charge in [-0.05, 0) is 39.3 Å². The van der Waals surface area contributed by atoms with Crippen molar-refractivity contribution in [2.45, 2.75) is 46.8 Å². The van der Waals surface area contributed by atoms with Crippen LogP contribution in [0.4, 0.5) is 0 Å². The molecule has 0 fully saturated rings. The number of aromatic nitrogens is 2. The second-order valence-electron chi connectivity index (χ2n) is 6.20. The molecule has 20 heavy (non-hydrogen) atoms. The molecule has 0 amide bonds. The Morgan fingerprint density at radius 2 is 1.90 bits per heavy atom. The van der Waals surface area contributed by atoms with E-state index < -0.39 is 0 Å². The van der Waals surface area contributed by atoms with Gasteiger partial charge in [-0.25, -0.2) is 0 Å². The second-order valence-corrected chi connectivity index (χ2v) is 6.20. The van der Waals surface area contributed by atoms with E-state index >= 15 is 0 Å². The molecular formula is C15H27N3O2. The summed E-state index contributed by atoms with van der Waals surface area (Å²) in [4.78, 5) is 0. The molecule has 1 rings (SSSR count). The van der Waals surface area contributed by atoms with Crippen molar-refractivity contribution in [1.82, 2.24) is 15.5 Å². The summed E-state index contributed by atoms with van der Waals surface area (Å²) in [5.41, 5.74) is 0.782. The van der Waals surface area contributed by atoms with Gasteiger partial charge in [-0.2, -0.15) is 5.10 Å². The zero-order valence-corrected chi connectivity index (χ0v) is 13.3. The van der Waals surface area contributed by atoms with E-state index in [1.54, 1.807) is 0 Å². The fraction of sp³-hybridized carbons (Fsp3) is 0.733. The molecule has 5 heteroatoms. The minimum atomic E-state index is -0.138. The molecule has 0 aromatic carbocycles. The molecule has 0 bridgehead atoms. The molecule has 0 saturated carbocycles. The first kappa shape index (κ1) is 16.9. The zero-order valence-electron chi connectivity index (χ0n) is 13.3. The number of rotatable bonds is 8. The first-order valence-corrected chi connectivity index (χ1v) is 7.17. The van der Waals surface area contributed by atoms with Crippen molar-refractivity contribution in [1.29, 1.82) is 0 Å². The van der Waals surface area contributed by atoms with E-state index in [0.29, 0.717) is 25.0 Å². The van der Waals surface area contributed by atoms with Crippen molar-refractivity contribution in [2.75, 3.05) is 19.8 Å². The van der Waals surface area contributed by atoms with Gasteiger partial charge >= 0.3 is 0 Å². The van der Waals surface area contributed by atoms with Crippen LogP contribution in [0.1, 0.15) is 40.3 Å². The van der Waals surface area contributed by atoms with Gasteiger partial charge in [-0.3, -0.25) is 0 Å².